The Morgan fingerprint density at radius 1 is 1.32 bits per heavy atom. The summed E-state index contributed by atoms with van der Waals surface area (Å²) < 4.78 is 38.5. The fourth-order valence-corrected chi connectivity index (χ4v) is 2.65. The van der Waals surface area contributed by atoms with Crippen molar-refractivity contribution in [3.63, 3.8) is 0 Å². The van der Waals surface area contributed by atoms with Gasteiger partial charge >= 0.3 is 0 Å². The highest BCUT2D eigenvalue weighted by Gasteiger charge is 2.26. The Kier molecular flexibility index (Phi) is 6.68. The first-order valence-electron chi connectivity index (χ1n) is 7.02. The molecule has 124 valence electrons. The number of amides is 1. The van der Waals surface area contributed by atoms with E-state index in [0.717, 1.165) is 25.0 Å². The molecule has 22 heavy (non-hydrogen) atoms. The van der Waals surface area contributed by atoms with Crippen LogP contribution in [-0.4, -0.2) is 29.9 Å². The monoisotopic (exact) mass is 336 g/mol. The molecule has 0 spiro atoms. The molecule has 0 unspecified atom stereocenters. The summed E-state index contributed by atoms with van der Waals surface area (Å²) in [5.41, 5.74) is 5.27. The van der Waals surface area contributed by atoms with Crippen LogP contribution >= 0.6 is 12.4 Å². The number of carbonyl (C=O) groups is 1. The number of halogens is 4. The molecule has 0 saturated carbocycles. The molecule has 0 bridgehead atoms. The molecule has 7 heteroatoms. The van der Waals surface area contributed by atoms with E-state index in [0.29, 0.717) is 19.0 Å². The first kappa shape index (κ1) is 18.8. The number of piperidine rings is 1. The predicted octanol–water partition coefficient (Wildman–Crippen LogP) is 3.38. The van der Waals surface area contributed by atoms with E-state index in [9.17, 15) is 18.0 Å². The lowest BCUT2D eigenvalue weighted by Crippen LogP contribution is -2.42. The predicted molar refractivity (Wildman–Crippen MR) is 80.9 cm³/mol. The second kappa shape index (κ2) is 7.83. The van der Waals surface area contributed by atoms with Crippen LogP contribution < -0.4 is 5.73 Å². The Labute approximate surface area is 134 Å². The lowest BCUT2D eigenvalue weighted by Gasteiger charge is -2.33. The molecule has 0 aliphatic carbocycles. The number of nitrogens with two attached hydrogens (primary N) is 1. The number of carbonyl (C=O) groups excluding carboxylic acids is 1. The second-order valence-corrected chi connectivity index (χ2v) is 5.53. The first-order valence-corrected chi connectivity index (χ1v) is 7.02. The summed E-state index contributed by atoms with van der Waals surface area (Å²) in [6, 6.07) is 3.21. The minimum atomic E-state index is -2.88. The minimum Gasteiger partial charge on any atom is -0.339 e. The normalized spacial score (nSPS) is 17.3. The van der Waals surface area contributed by atoms with Gasteiger partial charge in [0.05, 0.1) is 5.56 Å². The van der Waals surface area contributed by atoms with E-state index in [4.69, 9.17) is 5.73 Å². The molecule has 3 nitrogen and oxygen atoms in total. The molecule has 1 aromatic carbocycles. The van der Waals surface area contributed by atoms with Gasteiger partial charge in [0, 0.05) is 24.7 Å². The SMILES string of the molecule is C[C@H](N)C1CCN(C(=O)c2ccc(C(F)F)c(F)c2)CC1.Cl. The van der Waals surface area contributed by atoms with Crippen LogP contribution in [0.5, 0.6) is 0 Å². The number of benzene rings is 1. The zero-order chi connectivity index (χ0) is 15.6. The van der Waals surface area contributed by atoms with Crippen molar-refractivity contribution in [2.24, 2.45) is 11.7 Å². The molecule has 1 atom stereocenters. The Balaban J connectivity index is 0.00000242. The van der Waals surface area contributed by atoms with E-state index >= 15 is 0 Å². The molecule has 0 aromatic heterocycles. The first-order chi connectivity index (χ1) is 9.90. The average molecular weight is 337 g/mol. The Bertz CT molecular complexity index is 518. The largest absolute Gasteiger partial charge is 0.339 e. The smallest absolute Gasteiger partial charge is 0.266 e. The van der Waals surface area contributed by atoms with Crippen molar-refractivity contribution < 1.29 is 18.0 Å². The highest BCUT2D eigenvalue weighted by Crippen LogP contribution is 2.25. The Morgan fingerprint density at radius 2 is 1.91 bits per heavy atom. The molecule has 1 amide bonds. The summed E-state index contributed by atoms with van der Waals surface area (Å²) in [6.07, 6.45) is -1.27. The molecule has 1 heterocycles. The van der Waals surface area contributed by atoms with Crippen molar-refractivity contribution in [2.45, 2.75) is 32.2 Å². The fourth-order valence-electron chi connectivity index (χ4n) is 2.65. The standard InChI is InChI=1S/C15H19F3N2O.ClH/c1-9(19)10-4-6-20(7-5-10)15(21)11-2-3-12(14(17)18)13(16)8-11;/h2-3,8-10,14H,4-7,19H2,1H3;1H/t9-;/m0./s1. The van der Waals surface area contributed by atoms with E-state index in [1.807, 2.05) is 6.92 Å². The Morgan fingerprint density at radius 3 is 2.36 bits per heavy atom. The van der Waals surface area contributed by atoms with Crippen molar-refractivity contribution in [1.82, 2.24) is 4.90 Å². The summed E-state index contributed by atoms with van der Waals surface area (Å²) in [5.74, 6) is -0.980. The molecule has 1 saturated heterocycles. The molecular weight excluding hydrogens is 317 g/mol. The number of hydrogen-bond acceptors (Lipinski definition) is 2. The van der Waals surface area contributed by atoms with E-state index in [-0.39, 0.29) is 29.9 Å². The lowest BCUT2D eigenvalue weighted by molar-refractivity contribution is 0.0680. The maximum Gasteiger partial charge on any atom is 0.266 e. The van der Waals surface area contributed by atoms with Crippen LogP contribution in [0, 0.1) is 11.7 Å². The lowest BCUT2D eigenvalue weighted by atomic mass is 9.90. The minimum absolute atomic E-state index is 0. The zero-order valence-electron chi connectivity index (χ0n) is 12.3. The fraction of sp³-hybridized carbons (Fsp3) is 0.533. The molecule has 1 fully saturated rings. The summed E-state index contributed by atoms with van der Waals surface area (Å²) in [7, 11) is 0. The third-order valence-electron chi connectivity index (χ3n) is 4.05. The van der Waals surface area contributed by atoms with Gasteiger partial charge in [-0.3, -0.25) is 4.79 Å². The number of likely N-dealkylation sites (tertiary alicyclic amines) is 1. The second-order valence-electron chi connectivity index (χ2n) is 5.53. The third kappa shape index (κ3) is 4.14. The highest BCUT2D eigenvalue weighted by molar-refractivity contribution is 5.94. The van der Waals surface area contributed by atoms with Crippen LogP contribution in [0.1, 0.15) is 42.1 Å². The van der Waals surface area contributed by atoms with Gasteiger partial charge in [-0.05, 0) is 43.9 Å². The van der Waals surface area contributed by atoms with Gasteiger partial charge in [-0.2, -0.15) is 0 Å². The van der Waals surface area contributed by atoms with Crippen molar-refractivity contribution in [3.8, 4) is 0 Å². The average Bonchev–Trinajstić information content (AvgIpc) is 2.46. The van der Waals surface area contributed by atoms with Gasteiger partial charge < -0.3 is 10.6 Å². The maximum atomic E-state index is 13.5. The summed E-state index contributed by atoms with van der Waals surface area (Å²) in [4.78, 5) is 13.9. The van der Waals surface area contributed by atoms with Gasteiger partial charge in [-0.25, -0.2) is 13.2 Å². The summed E-state index contributed by atoms with van der Waals surface area (Å²) in [5, 5.41) is 0. The van der Waals surface area contributed by atoms with Crippen molar-refractivity contribution in [1.29, 1.82) is 0 Å². The number of alkyl halides is 2. The van der Waals surface area contributed by atoms with Gasteiger partial charge in [-0.1, -0.05) is 0 Å². The van der Waals surface area contributed by atoms with E-state index in [2.05, 4.69) is 0 Å². The van der Waals surface area contributed by atoms with Crippen LogP contribution in [-0.2, 0) is 0 Å². The molecule has 1 aromatic rings. The van der Waals surface area contributed by atoms with E-state index in [1.165, 1.54) is 6.07 Å². The van der Waals surface area contributed by atoms with Gasteiger partial charge in [0.15, 0.2) is 0 Å². The van der Waals surface area contributed by atoms with Gasteiger partial charge in [-0.15, -0.1) is 12.4 Å². The molecule has 1 aliphatic rings. The molecular formula is C15H20ClF3N2O. The van der Waals surface area contributed by atoms with Crippen molar-refractivity contribution in [2.75, 3.05) is 13.1 Å². The van der Waals surface area contributed by atoms with Gasteiger partial charge in [0.2, 0.25) is 0 Å². The van der Waals surface area contributed by atoms with Crippen molar-refractivity contribution >= 4 is 18.3 Å². The molecule has 0 radical (unpaired) electrons. The van der Waals surface area contributed by atoms with Gasteiger partial charge in [0.25, 0.3) is 12.3 Å². The van der Waals surface area contributed by atoms with Crippen LogP contribution in [0.15, 0.2) is 18.2 Å². The number of nitrogens with zero attached hydrogens (tertiary/aromatic N) is 1. The van der Waals surface area contributed by atoms with Crippen LogP contribution in [0.2, 0.25) is 0 Å². The van der Waals surface area contributed by atoms with E-state index in [1.54, 1.807) is 4.90 Å². The van der Waals surface area contributed by atoms with Gasteiger partial charge in [0.1, 0.15) is 5.82 Å². The number of rotatable bonds is 3. The summed E-state index contributed by atoms with van der Waals surface area (Å²) in [6.45, 7) is 3.06. The summed E-state index contributed by atoms with van der Waals surface area (Å²) >= 11 is 0. The van der Waals surface area contributed by atoms with Crippen molar-refractivity contribution in [3.05, 3.63) is 35.1 Å². The van der Waals surface area contributed by atoms with Crippen LogP contribution in [0.4, 0.5) is 13.2 Å². The molecule has 2 N–H and O–H groups in total. The topological polar surface area (TPSA) is 46.3 Å². The molecule has 1 aliphatic heterocycles. The van der Waals surface area contributed by atoms with E-state index < -0.39 is 17.8 Å². The van der Waals surface area contributed by atoms with Crippen LogP contribution in [0.25, 0.3) is 0 Å². The quantitative estimate of drug-likeness (QED) is 0.919. The van der Waals surface area contributed by atoms with Crippen LogP contribution in [0.3, 0.4) is 0 Å². The Hall–Kier alpha value is -1.27. The number of hydrogen-bond donors (Lipinski definition) is 1. The highest BCUT2D eigenvalue weighted by atomic mass is 35.5. The maximum absolute atomic E-state index is 13.5. The third-order valence-corrected chi connectivity index (χ3v) is 4.05. The zero-order valence-corrected chi connectivity index (χ0v) is 13.1. The molecule has 2 rings (SSSR count).